The molecule has 6 heteroatoms. The van der Waals surface area contributed by atoms with E-state index in [0.29, 0.717) is 0 Å². The Morgan fingerprint density at radius 1 is 1.65 bits per heavy atom. The molecule has 3 N–H and O–H groups in total. The second kappa shape index (κ2) is 6.02. The number of carbonyl (C=O) groups excluding carboxylic acids is 1. The van der Waals surface area contributed by atoms with E-state index in [1.165, 1.54) is 0 Å². The maximum absolute atomic E-state index is 11.9. The van der Waals surface area contributed by atoms with Crippen molar-refractivity contribution in [1.29, 1.82) is 0 Å². The molecule has 5 nitrogen and oxygen atoms in total. The highest BCUT2D eigenvalue weighted by Crippen LogP contribution is 2.25. The average molecular weight is 259 g/mol. The van der Waals surface area contributed by atoms with Crippen molar-refractivity contribution in [1.82, 2.24) is 9.78 Å². The van der Waals surface area contributed by atoms with Crippen LogP contribution >= 0.6 is 12.4 Å². The molecule has 0 spiro atoms. The number of anilines is 1. The first-order valence-corrected chi connectivity index (χ1v) is 5.78. The summed E-state index contributed by atoms with van der Waals surface area (Å²) in [6, 6.07) is 0.189. The second-order valence-electron chi connectivity index (χ2n) is 4.34. The van der Waals surface area contributed by atoms with Crippen molar-refractivity contribution in [2.24, 2.45) is 11.7 Å². The number of nitrogens with one attached hydrogen (secondary N) is 1. The van der Waals surface area contributed by atoms with Crippen LogP contribution in [0.3, 0.4) is 0 Å². The molecule has 1 aliphatic carbocycles. The molecule has 1 saturated carbocycles. The van der Waals surface area contributed by atoms with Gasteiger partial charge in [-0.2, -0.15) is 5.10 Å². The first kappa shape index (κ1) is 14.0. The molecule has 0 radical (unpaired) electrons. The van der Waals surface area contributed by atoms with Gasteiger partial charge in [0.15, 0.2) is 0 Å². The van der Waals surface area contributed by atoms with Crippen LogP contribution in [0.1, 0.15) is 26.2 Å². The van der Waals surface area contributed by atoms with E-state index < -0.39 is 0 Å². The monoisotopic (exact) mass is 258 g/mol. The average Bonchev–Trinajstić information content (AvgIpc) is 2.87. The highest BCUT2D eigenvalue weighted by Gasteiger charge is 2.27. The van der Waals surface area contributed by atoms with Crippen molar-refractivity contribution in [3.05, 3.63) is 12.4 Å². The lowest BCUT2D eigenvalue weighted by molar-refractivity contribution is -0.119. The Balaban J connectivity index is 0.00000144. The van der Waals surface area contributed by atoms with Gasteiger partial charge >= 0.3 is 0 Å². The molecule has 17 heavy (non-hydrogen) atoms. The van der Waals surface area contributed by atoms with Gasteiger partial charge in [0, 0.05) is 24.7 Å². The third-order valence-corrected chi connectivity index (χ3v) is 3.07. The molecular formula is C11H19ClN4O. The largest absolute Gasteiger partial charge is 0.328 e. The SMILES string of the molecule is CCn1cc(NC(=O)C2CCC(N)C2)cn1.Cl. The first-order chi connectivity index (χ1) is 7.69. The Kier molecular flexibility index (Phi) is 4.96. The topological polar surface area (TPSA) is 72.9 Å². The van der Waals surface area contributed by atoms with Crippen LogP contribution in [-0.2, 0) is 11.3 Å². The predicted octanol–water partition coefficient (Wildman–Crippen LogP) is 1.39. The van der Waals surface area contributed by atoms with Crippen LogP contribution in [0.5, 0.6) is 0 Å². The summed E-state index contributed by atoms with van der Waals surface area (Å²) in [6.45, 7) is 2.82. The molecule has 1 aromatic heterocycles. The number of carbonyl (C=O) groups is 1. The lowest BCUT2D eigenvalue weighted by atomic mass is 10.1. The number of aromatic nitrogens is 2. The minimum Gasteiger partial charge on any atom is -0.328 e. The Bertz CT molecular complexity index is 379. The highest BCUT2D eigenvalue weighted by atomic mass is 35.5. The zero-order chi connectivity index (χ0) is 11.5. The number of halogens is 1. The number of nitrogens with two attached hydrogens (primary N) is 1. The van der Waals surface area contributed by atoms with Crippen molar-refractivity contribution >= 4 is 24.0 Å². The maximum Gasteiger partial charge on any atom is 0.227 e. The Labute approximate surface area is 107 Å². The van der Waals surface area contributed by atoms with Gasteiger partial charge in [-0.1, -0.05) is 0 Å². The van der Waals surface area contributed by atoms with E-state index in [0.717, 1.165) is 31.5 Å². The number of hydrogen-bond donors (Lipinski definition) is 2. The van der Waals surface area contributed by atoms with Crippen LogP contribution in [-0.4, -0.2) is 21.7 Å². The van der Waals surface area contributed by atoms with Gasteiger partial charge in [-0.05, 0) is 26.2 Å². The molecule has 1 aromatic rings. The molecule has 2 rings (SSSR count). The van der Waals surface area contributed by atoms with Crippen LogP contribution < -0.4 is 11.1 Å². The molecule has 2 atom stereocenters. The predicted molar refractivity (Wildman–Crippen MR) is 69.1 cm³/mol. The van der Waals surface area contributed by atoms with E-state index in [9.17, 15) is 4.79 Å². The van der Waals surface area contributed by atoms with Crippen molar-refractivity contribution in [2.75, 3.05) is 5.32 Å². The molecule has 0 saturated heterocycles. The van der Waals surface area contributed by atoms with E-state index in [4.69, 9.17) is 5.73 Å². The molecule has 0 aliphatic heterocycles. The van der Waals surface area contributed by atoms with Gasteiger partial charge in [0.2, 0.25) is 5.91 Å². The molecular weight excluding hydrogens is 240 g/mol. The van der Waals surface area contributed by atoms with E-state index in [2.05, 4.69) is 10.4 Å². The summed E-state index contributed by atoms with van der Waals surface area (Å²) < 4.78 is 1.79. The van der Waals surface area contributed by atoms with Gasteiger partial charge in [0.1, 0.15) is 0 Å². The number of nitrogens with zero attached hydrogens (tertiary/aromatic N) is 2. The summed E-state index contributed by atoms with van der Waals surface area (Å²) in [4.78, 5) is 11.9. The first-order valence-electron chi connectivity index (χ1n) is 5.78. The summed E-state index contributed by atoms with van der Waals surface area (Å²) in [7, 11) is 0. The molecule has 2 unspecified atom stereocenters. The molecule has 1 fully saturated rings. The van der Waals surface area contributed by atoms with Crippen molar-refractivity contribution in [2.45, 2.75) is 38.8 Å². The van der Waals surface area contributed by atoms with E-state index in [-0.39, 0.29) is 30.3 Å². The summed E-state index contributed by atoms with van der Waals surface area (Å²) in [5.74, 6) is 0.142. The van der Waals surface area contributed by atoms with Crippen LogP contribution in [0.4, 0.5) is 5.69 Å². The lowest BCUT2D eigenvalue weighted by Gasteiger charge is -2.08. The lowest BCUT2D eigenvalue weighted by Crippen LogP contribution is -2.23. The molecule has 96 valence electrons. The van der Waals surface area contributed by atoms with Crippen molar-refractivity contribution < 1.29 is 4.79 Å². The minimum atomic E-state index is 0. The summed E-state index contributed by atoms with van der Waals surface area (Å²) in [6.07, 6.45) is 6.16. The Morgan fingerprint density at radius 3 is 2.94 bits per heavy atom. The number of rotatable bonds is 3. The fourth-order valence-corrected chi connectivity index (χ4v) is 2.10. The van der Waals surface area contributed by atoms with Crippen LogP contribution in [0.2, 0.25) is 0 Å². The number of hydrogen-bond acceptors (Lipinski definition) is 3. The zero-order valence-electron chi connectivity index (χ0n) is 9.93. The third kappa shape index (κ3) is 3.44. The summed E-state index contributed by atoms with van der Waals surface area (Å²) in [5, 5.41) is 6.99. The third-order valence-electron chi connectivity index (χ3n) is 3.07. The van der Waals surface area contributed by atoms with Gasteiger partial charge in [-0.25, -0.2) is 0 Å². The van der Waals surface area contributed by atoms with Gasteiger partial charge in [0.05, 0.1) is 11.9 Å². The van der Waals surface area contributed by atoms with Crippen LogP contribution in [0.15, 0.2) is 12.4 Å². The minimum absolute atomic E-state index is 0. The number of aryl methyl sites for hydroxylation is 1. The normalized spacial score (nSPS) is 23.2. The Hall–Kier alpha value is -1.07. The van der Waals surface area contributed by atoms with Crippen molar-refractivity contribution in [3.8, 4) is 0 Å². The standard InChI is InChI=1S/C11H18N4O.ClH/c1-2-15-7-10(6-13-15)14-11(16)8-3-4-9(12)5-8;/h6-9H,2-5,12H2,1H3,(H,14,16);1H. The molecule has 1 aliphatic rings. The quantitative estimate of drug-likeness (QED) is 0.861. The molecule has 0 aromatic carbocycles. The van der Waals surface area contributed by atoms with Crippen molar-refractivity contribution in [3.63, 3.8) is 0 Å². The highest BCUT2D eigenvalue weighted by molar-refractivity contribution is 5.92. The van der Waals surface area contributed by atoms with E-state index >= 15 is 0 Å². The van der Waals surface area contributed by atoms with Crippen LogP contribution in [0, 0.1) is 5.92 Å². The second-order valence-corrected chi connectivity index (χ2v) is 4.34. The van der Waals surface area contributed by atoms with Gasteiger partial charge in [-0.3, -0.25) is 9.48 Å². The molecule has 0 bridgehead atoms. The maximum atomic E-state index is 11.9. The summed E-state index contributed by atoms with van der Waals surface area (Å²) in [5.41, 5.74) is 6.56. The Morgan fingerprint density at radius 2 is 2.41 bits per heavy atom. The fraction of sp³-hybridized carbons (Fsp3) is 0.636. The van der Waals surface area contributed by atoms with Gasteiger partial charge in [0.25, 0.3) is 0 Å². The fourth-order valence-electron chi connectivity index (χ4n) is 2.10. The molecule has 1 amide bonds. The zero-order valence-corrected chi connectivity index (χ0v) is 10.7. The summed E-state index contributed by atoms with van der Waals surface area (Å²) >= 11 is 0. The number of amides is 1. The smallest absolute Gasteiger partial charge is 0.227 e. The molecule has 1 heterocycles. The van der Waals surface area contributed by atoms with Gasteiger partial charge < -0.3 is 11.1 Å². The van der Waals surface area contributed by atoms with E-state index in [1.54, 1.807) is 10.9 Å². The van der Waals surface area contributed by atoms with Gasteiger partial charge in [-0.15, -0.1) is 12.4 Å². The van der Waals surface area contributed by atoms with E-state index in [1.807, 2.05) is 13.1 Å². The van der Waals surface area contributed by atoms with Crippen LogP contribution in [0.25, 0.3) is 0 Å².